The Balaban J connectivity index is 1.59. The largest absolute Gasteiger partial charge is 0.493 e. The van der Waals surface area contributed by atoms with Crippen LogP contribution in [0, 0.1) is 5.92 Å². The number of amides is 1. The summed E-state index contributed by atoms with van der Waals surface area (Å²) in [5.74, 6) is 1.33. The summed E-state index contributed by atoms with van der Waals surface area (Å²) < 4.78 is 5.45. The first-order chi connectivity index (χ1) is 9.74. The third-order valence-corrected chi connectivity index (χ3v) is 4.44. The number of benzene rings is 1. The van der Waals surface area contributed by atoms with Gasteiger partial charge in [0, 0.05) is 24.6 Å². The van der Waals surface area contributed by atoms with Gasteiger partial charge in [-0.2, -0.15) is 0 Å². The predicted molar refractivity (Wildman–Crippen MR) is 77.9 cm³/mol. The fourth-order valence-electron chi connectivity index (χ4n) is 3.14. The van der Waals surface area contributed by atoms with E-state index in [0.717, 1.165) is 42.7 Å². The summed E-state index contributed by atoms with van der Waals surface area (Å²) in [5, 5.41) is 3.03. The van der Waals surface area contributed by atoms with Gasteiger partial charge in [0.2, 0.25) is 0 Å². The number of nitrogens with one attached hydrogen (secondary N) is 1. The summed E-state index contributed by atoms with van der Waals surface area (Å²) in [6.07, 6.45) is 5.54. The van der Waals surface area contributed by atoms with E-state index in [2.05, 4.69) is 5.32 Å². The highest BCUT2D eigenvalue weighted by Crippen LogP contribution is 2.26. The van der Waals surface area contributed by atoms with Gasteiger partial charge in [-0.05, 0) is 42.5 Å². The molecule has 1 fully saturated rings. The SMILES string of the molecule is NC1CCCCC1CNC(=O)c1ccc2c(c1)CCO2. The second-order valence-electron chi connectivity index (χ2n) is 5.84. The van der Waals surface area contributed by atoms with Gasteiger partial charge in [-0.25, -0.2) is 0 Å². The van der Waals surface area contributed by atoms with Crippen molar-refractivity contribution in [3.8, 4) is 5.75 Å². The quantitative estimate of drug-likeness (QED) is 0.884. The first kappa shape index (κ1) is 13.4. The molecule has 4 nitrogen and oxygen atoms in total. The molecule has 0 radical (unpaired) electrons. The minimum Gasteiger partial charge on any atom is -0.493 e. The Morgan fingerprint density at radius 2 is 2.20 bits per heavy atom. The molecule has 0 saturated heterocycles. The molecule has 3 N–H and O–H groups in total. The van der Waals surface area contributed by atoms with Crippen molar-refractivity contribution in [1.29, 1.82) is 0 Å². The standard InChI is InChI=1S/C16H22N2O2/c17-14-4-2-1-3-13(14)10-18-16(19)12-5-6-15-11(9-12)7-8-20-15/h5-6,9,13-14H,1-4,7-8,10,17H2,(H,18,19). The zero-order valence-electron chi connectivity index (χ0n) is 11.7. The minimum absolute atomic E-state index is 0.00234. The average Bonchev–Trinajstić information content (AvgIpc) is 2.93. The topological polar surface area (TPSA) is 64.3 Å². The van der Waals surface area contributed by atoms with Crippen molar-refractivity contribution in [2.24, 2.45) is 11.7 Å². The number of carbonyl (C=O) groups excluding carboxylic acids is 1. The maximum absolute atomic E-state index is 12.2. The highest BCUT2D eigenvalue weighted by Gasteiger charge is 2.22. The highest BCUT2D eigenvalue weighted by atomic mass is 16.5. The molecule has 1 heterocycles. The fraction of sp³-hybridized carbons (Fsp3) is 0.562. The first-order valence-electron chi connectivity index (χ1n) is 7.53. The van der Waals surface area contributed by atoms with Crippen LogP contribution < -0.4 is 15.8 Å². The number of hydrogen-bond acceptors (Lipinski definition) is 3. The Labute approximate surface area is 119 Å². The normalized spacial score (nSPS) is 24.9. The number of nitrogens with two attached hydrogens (primary N) is 1. The number of carbonyl (C=O) groups is 1. The van der Waals surface area contributed by atoms with Crippen molar-refractivity contribution >= 4 is 5.91 Å². The van der Waals surface area contributed by atoms with Crippen LogP contribution in [-0.4, -0.2) is 25.1 Å². The lowest BCUT2D eigenvalue weighted by molar-refractivity contribution is 0.0941. The molecule has 3 rings (SSSR count). The van der Waals surface area contributed by atoms with Gasteiger partial charge in [0.15, 0.2) is 0 Å². The van der Waals surface area contributed by atoms with Crippen LogP contribution in [0.2, 0.25) is 0 Å². The Bertz CT molecular complexity index is 501. The van der Waals surface area contributed by atoms with E-state index in [-0.39, 0.29) is 11.9 Å². The summed E-state index contributed by atoms with van der Waals surface area (Å²) in [6.45, 7) is 1.41. The van der Waals surface area contributed by atoms with E-state index in [1.807, 2.05) is 18.2 Å². The molecule has 2 atom stereocenters. The molecule has 0 aromatic heterocycles. The molecule has 2 unspecified atom stereocenters. The molecule has 1 aromatic rings. The Morgan fingerprint density at radius 1 is 1.35 bits per heavy atom. The van der Waals surface area contributed by atoms with Crippen molar-refractivity contribution in [3.63, 3.8) is 0 Å². The number of fused-ring (bicyclic) bond motifs is 1. The second-order valence-corrected chi connectivity index (χ2v) is 5.84. The molecule has 2 aliphatic rings. The van der Waals surface area contributed by atoms with Crippen LogP contribution >= 0.6 is 0 Å². The molecule has 4 heteroatoms. The van der Waals surface area contributed by atoms with Gasteiger partial charge in [0.05, 0.1) is 6.61 Å². The van der Waals surface area contributed by atoms with Gasteiger partial charge in [0.1, 0.15) is 5.75 Å². The van der Waals surface area contributed by atoms with Gasteiger partial charge in [0.25, 0.3) is 5.91 Å². The third-order valence-electron chi connectivity index (χ3n) is 4.44. The number of hydrogen-bond donors (Lipinski definition) is 2. The highest BCUT2D eigenvalue weighted by molar-refractivity contribution is 5.94. The van der Waals surface area contributed by atoms with Gasteiger partial charge >= 0.3 is 0 Å². The molecule has 1 saturated carbocycles. The molecule has 20 heavy (non-hydrogen) atoms. The maximum Gasteiger partial charge on any atom is 0.251 e. The van der Waals surface area contributed by atoms with E-state index in [1.54, 1.807) is 0 Å². The van der Waals surface area contributed by atoms with Gasteiger partial charge < -0.3 is 15.8 Å². The number of ether oxygens (including phenoxy) is 1. The summed E-state index contributed by atoms with van der Waals surface area (Å²) in [4.78, 5) is 12.2. The zero-order chi connectivity index (χ0) is 13.9. The molecular weight excluding hydrogens is 252 g/mol. The second kappa shape index (κ2) is 5.83. The van der Waals surface area contributed by atoms with Crippen molar-refractivity contribution in [2.75, 3.05) is 13.2 Å². The van der Waals surface area contributed by atoms with Gasteiger partial charge in [-0.3, -0.25) is 4.79 Å². The van der Waals surface area contributed by atoms with E-state index in [1.165, 1.54) is 12.8 Å². The van der Waals surface area contributed by atoms with Crippen molar-refractivity contribution < 1.29 is 9.53 Å². The summed E-state index contributed by atoms with van der Waals surface area (Å²) >= 11 is 0. The summed E-state index contributed by atoms with van der Waals surface area (Å²) in [7, 11) is 0. The van der Waals surface area contributed by atoms with Crippen LogP contribution in [0.3, 0.4) is 0 Å². The van der Waals surface area contributed by atoms with Crippen LogP contribution in [0.1, 0.15) is 41.6 Å². The Morgan fingerprint density at radius 3 is 3.05 bits per heavy atom. The molecule has 108 valence electrons. The maximum atomic E-state index is 12.2. The zero-order valence-corrected chi connectivity index (χ0v) is 11.7. The molecule has 1 aromatic carbocycles. The lowest BCUT2D eigenvalue weighted by Gasteiger charge is -2.28. The van der Waals surface area contributed by atoms with Crippen molar-refractivity contribution in [3.05, 3.63) is 29.3 Å². The molecule has 0 spiro atoms. The van der Waals surface area contributed by atoms with Crippen LogP contribution in [0.15, 0.2) is 18.2 Å². The first-order valence-corrected chi connectivity index (χ1v) is 7.53. The van der Waals surface area contributed by atoms with Gasteiger partial charge in [-0.1, -0.05) is 12.8 Å². The van der Waals surface area contributed by atoms with Crippen LogP contribution in [0.25, 0.3) is 0 Å². The monoisotopic (exact) mass is 274 g/mol. The van der Waals surface area contributed by atoms with Crippen LogP contribution in [-0.2, 0) is 6.42 Å². The van der Waals surface area contributed by atoms with Crippen LogP contribution in [0.4, 0.5) is 0 Å². The Hall–Kier alpha value is -1.55. The van der Waals surface area contributed by atoms with E-state index in [0.29, 0.717) is 12.5 Å². The van der Waals surface area contributed by atoms with Gasteiger partial charge in [-0.15, -0.1) is 0 Å². The summed E-state index contributed by atoms with van der Waals surface area (Å²) in [6, 6.07) is 5.90. The van der Waals surface area contributed by atoms with E-state index in [4.69, 9.17) is 10.5 Å². The fourth-order valence-corrected chi connectivity index (χ4v) is 3.14. The minimum atomic E-state index is -0.00234. The predicted octanol–water partition coefficient (Wildman–Crippen LogP) is 1.87. The van der Waals surface area contributed by atoms with Crippen molar-refractivity contribution in [1.82, 2.24) is 5.32 Å². The third kappa shape index (κ3) is 2.80. The van der Waals surface area contributed by atoms with E-state index < -0.39 is 0 Å². The average molecular weight is 274 g/mol. The van der Waals surface area contributed by atoms with E-state index in [9.17, 15) is 4.79 Å². The number of rotatable bonds is 3. The molecule has 1 amide bonds. The molecule has 1 aliphatic carbocycles. The smallest absolute Gasteiger partial charge is 0.251 e. The molecule has 1 aliphatic heterocycles. The molecular formula is C16H22N2O2. The lowest BCUT2D eigenvalue weighted by atomic mass is 9.85. The summed E-state index contributed by atoms with van der Waals surface area (Å²) in [5.41, 5.74) is 7.96. The molecule has 0 bridgehead atoms. The van der Waals surface area contributed by atoms with E-state index >= 15 is 0 Å². The van der Waals surface area contributed by atoms with Crippen LogP contribution in [0.5, 0.6) is 5.75 Å². The van der Waals surface area contributed by atoms with Crippen molar-refractivity contribution in [2.45, 2.75) is 38.1 Å². The Kier molecular flexibility index (Phi) is 3.92. The lowest BCUT2D eigenvalue weighted by Crippen LogP contribution is -2.41.